The first-order valence-electron chi connectivity index (χ1n) is 8.85. The van der Waals surface area contributed by atoms with Gasteiger partial charge in [-0.3, -0.25) is 9.78 Å². The molecule has 0 aromatic carbocycles. The number of hydrogen-bond acceptors (Lipinski definition) is 4. The lowest BCUT2D eigenvalue weighted by Gasteiger charge is -2.27. The molecule has 2 fully saturated rings. The maximum atomic E-state index is 12.6. The number of aryl methyl sites for hydroxylation is 1. The van der Waals surface area contributed by atoms with Crippen LogP contribution in [-0.2, 0) is 11.2 Å². The van der Waals surface area contributed by atoms with E-state index in [1.807, 2.05) is 12.1 Å². The Morgan fingerprint density at radius 1 is 1.21 bits per heavy atom. The summed E-state index contributed by atoms with van der Waals surface area (Å²) in [6.45, 7) is 3.86. The molecule has 24 heavy (non-hydrogen) atoms. The molecule has 0 radical (unpaired) electrons. The van der Waals surface area contributed by atoms with Crippen LogP contribution in [0.25, 0.3) is 11.4 Å². The van der Waals surface area contributed by atoms with Crippen LogP contribution in [0.1, 0.15) is 31.6 Å². The Hall–Kier alpha value is -2.24. The first kappa shape index (κ1) is 14.1. The molecule has 1 aliphatic carbocycles. The molecule has 2 aliphatic heterocycles. The number of hydrogen-bond donors (Lipinski definition) is 0. The molecule has 4 heterocycles. The Kier molecular flexibility index (Phi) is 3.02. The molecule has 5 rings (SSSR count). The molecule has 6 heteroatoms. The number of carbonyl (C=O) groups is 1. The summed E-state index contributed by atoms with van der Waals surface area (Å²) < 4.78 is 2.28. The van der Waals surface area contributed by atoms with Gasteiger partial charge in [-0.2, -0.15) is 0 Å². The van der Waals surface area contributed by atoms with Crippen LogP contribution in [0.2, 0.25) is 0 Å². The van der Waals surface area contributed by atoms with E-state index in [4.69, 9.17) is 0 Å². The predicted molar refractivity (Wildman–Crippen MR) is 88.0 cm³/mol. The number of pyridine rings is 1. The van der Waals surface area contributed by atoms with Crippen LogP contribution in [0.5, 0.6) is 0 Å². The van der Waals surface area contributed by atoms with E-state index in [2.05, 4.69) is 31.6 Å². The van der Waals surface area contributed by atoms with E-state index in [1.165, 1.54) is 0 Å². The normalized spacial score (nSPS) is 30.8. The summed E-state index contributed by atoms with van der Waals surface area (Å²) in [6, 6.07) is 4.26. The Balaban J connectivity index is 1.47. The quantitative estimate of drug-likeness (QED) is 0.847. The number of amides is 1. The highest BCUT2D eigenvalue weighted by molar-refractivity contribution is 5.82. The Morgan fingerprint density at radius 2 is 2.00 bits per heavy atom. The van der Waals surface area contributed by atoms with Crippen molar-refractivity contribution < 1.29 is 4.79 Å². The largest absolute Gasteiger partial charge is 0.340 e. The molecule has 0 bridgehead atoms. The van der Waals surface area contributed by atoms with Gasteiger partial charge in [-0.15, -0.1) is 10.2 Å². The van der Waals surface area contributed by atoms with E-state index >= 15 is 0 Å². The highest BCUT2D eigenvalue weighted by Crippen LogP contribution is 2.43. The second-order valence-corrected chi connectivity index (χ2v) is 7.47. The summed E-state index contributed by atoms with van der Waals surface area (Å²) in [7, 11) is 0. The zero-order valence-corrected chi connectivity index (χ0v) is 13.8. The highest BCUT2D eigenvalue weighted by Gasteiger charge is 2.47. The molecule has 124 valence electrons. The average Bonchev–Trinajstić information content (AvgIpc) is 3.02. The van der Waals surface area contributed by atoms with Crippen LogP contribution in [-0.4, -0.2) is 43.6 Å². The average molecular weight is 323 g/mol. The van der Waals surface area contributed by atoms with Crippen LogP contribution < -0.4 is 0 Å². The van der Waals surface area contributed by atoms with E-state index in [1.54, 1.807) is 12.4 Å². The maximum absolute atomic E-state index is 12.6. The van der Waals surface area contributed by atoms with Gasteiger partial charge in [-0.25, -0.2) is 0 Å². The third-order valence-corrected chi connectivity index (χ3v) is 5.92. The van der Waals surface area contributed by atoms with E-state index in [0.717, 1.165) is 49.6 Å². The number of nitrogens with zero attached hydrogens (tertiary/aromatic N) is 5. The molecule has 2 aromatic heterocycles. The molecule has 1 saturated heterocycles. The zero-order chi connectivity index (χ0) is 16.3. The Bertz CT molecular complexity index is 786. The smallest absolute Gasteiger partial charge is 0.226 e. The molecular weight excluding hydrogens is 302 g/mol. The van der Waals surface area contributed by atoms with Crippen LogP contribution in [0.3, 0.4) is 0 Å². The maximum Gasteiger partial charge on any atom is 0.226 e. The minimum absolute atomic E-state index is 0.269. The van der Waals surface area contributed by atoms with Gasteiger partial charge < -0.3 is 9.47 Å². The predicted octanol–water partition coefficient (Wildman–Crippen LogP) is 1.94. The monoisotopic (exact) mass is 323 g/mol. The topological polar surface area (TPSA) is 63.9 Å². The minimum Gasteiger partial charge on any atom is -0.340 e. The van der Waals surface area contributed by atoms with Crippen molar-refractivity contribution >= 4 is 5.91 Å². The van der Waals surface area contributed by atoms with Crippen molar-refractivity contribution in [3.63, 3.8) is 0 Å². The SMILES string of the molecule is C[C@@H]1C[C@@H]1C(=O)N1C[C@H]2CCc3nnc(-c4ccncc4)n3[C@H]2C1. The minimum atomic E-state index is 0.269. The van der Waals surface area contributed by atoms with E-state index < -0.39 is 0 Å². The van der Waals surface area contributed by atoms with Gasteiger partial charge >= 0.3 is 0 Å². The van der Waals surface area contributed by atoms with Gasteiger partial charge in [0.05, 0.1) is 6.04 Å². The standard InChI is InChI=1S/C18H21N5O/c1-11-8-14(11)18(24)22-9-13-2-3-16-20-21-17(23(16)15(13)10-22)12-4-6-19-7-5-12/h4-7,11,13-15H,2-3,8-10H2,1H3/t11-,13-,14+,15+/m1/s1. The fourth-order valence-electron chi connectivity index (χ4n) is 4.37. The third kappa shape index (κ3) is 2.08. The number of fused-ring (bicyclic) bond motifs is 3. The lowest BCUT2D eigenvalue weighted by molar-refractivity contribution is -0.132. The van der Waals surface area contributed by atoms with Crippen LogP contribution >= 0.6 is 0 Å². The molecule has 2 aromatic rings. The van der Waals surface area contributed by atoms with Crippen molar-refractivity contribution in [3.8, 4) is 11.4 Å². The van der Waals surface area contributed by atoms with Crippen molar-refractivity contribution in [1.82, 2.24) is 24.6 Å². The van der Waals surface area contributed by atoms with Crippen LogP contribution in [0.15, 0.2) is 24.5 Å². The summed E-state index contributed by atoms with van der Waals surface area (Å²) in [6.07, 6.45) is 6.68. The first-order chi connectivity index (χ1) is 11.7. The third-order valence-electron chi connectivity index (χ3n) is 5.92. The van der Waals surface area contributed by atoms with E-state index in [9.17, 15) is 4.79 Å². The van der Waals surface area contributed by atoms with Crippen LogP contribution in [0.4, 0.5) is 0 Å². The van der Waals surface area contributed by atoms with Gasteiger partial charge in [0, 0.05) is 43.4 Å². The van der Waals surface area contributed by atoms with Gasteiger partial charge in [-0.05, 0) is 36.8 Å². The summed E-state index contributed by atoms with van der Waals surface area (Å²) in [5.41, 5.74) is 1.05. The lowest BCUT2D eigenvalue weighted by Crippen LogP contribution is -2.31. The number of rotatable bonds is 2. The van der Waals surface area contributed by atoms with Crippen molar-refractivity contribution in [2.45, 2.75) is 32.2 Å². The summed E-state index contributed by atoms with van der Waals surface area (Å²) >= 11 is 0. The number of likely N-dealkylation sites (tertiary alicyclic amines) is 1. The fraction of sp³-hybridized carbons (Fsp3) is 0.556. The summed E-state index contributed by atoms with van der Waals surface area (Å²) in [5, 5.41) is 8.85. The van der Waals surface area contributed by atoms with Gasteiger partial charge in [-0.1, -0.05) is 6.92 Å². The first-order valence-corrected chi connectivity index (χ1v) is 8.85. The molecule has 0 spiro atoms. The van der Waals surface area contributed by atoms with Crippen molar-refractivity contribution in [2.24, 2.45) is 17.8 Å². The Morgan fingerprint density at radius 3 is 2.75 bits per heavy atom. The molecule has 6 nitrogen and oxygen atoms in total. The van der Waals surface area contributed by atoms with Gasteiger partial charge in [0.1, 0.15) is 5.82 Å². The molecule has 0 N–H and O–H groups in total. The summed E-state index contributed by atoms with van der Waals surface area (Å²) in [5.74, 6) is 3.68. The van der Waals surface area contributed by atoms with Crippen molar-refractivity contribution in [3.05, 3.63) is 30.4 Å². The van der Waals surface area contributed by atoms with Gasteiger partial charge in [0.25, 0.3) is 0 Å². The highest BCUT2D eigenvalue weighted by atomic mass is 16.2. The molecule has 0 unspecified atom stereocenters. The lowest BCUT2D eigenvalue weighted by atomic mass is 9.93. The van der Waals surface area contributed by atoms with Gasteiger partial charge in [0.2, 0.25) is 5.91 Å². The van der Waals surface area contributed by atoms with Gasteiger partial charge in [0.15, 0.2) is 5.82 Å². The van der Waals surface area contributed by atoms with E-state index in [0.29, 0.717) is 23.8 Å². The second-order valence-electron chi connectivity index (χ2n) is 7.47. The number of aromatic nitrogens is 4. The second kappa shape index (κ2) is 5.13. The van der Waals surface area contributed by atoms with Crippen LogP contribution in [0, 0.1) is 17.8 Å². The fourth-order valence-corrected chi connectivity index (χ4v) is 4.37. The van der Waals surface area contributed by atoms with E-state index in [-0.39, 0.29) is 5.92 Å². The van der Waals surface area contributed by atoms with Crippen molar-refractivity contribution in [2.75, 3.05) is 13.1 Å². The molecule has 1 saturated carbocycles. The molecular formula is C18H21N5O. The molecule has 3 aliphatic rings. The number of carbonyl (C=O) groups excluding carboxylic acids is 1. The zero-order valence-electron chi connectivity index (χ0n) is 13.8. The molecule has 4 atom stereocenters. The molecule has 1 amide bonds. The Labute approximate surface area is 140 Å². The summed E-state index contributed by atoms with van der Waals surface area (Å²) in [4.78, 5) is 18.8. The van der Waals surface area contributed by atoms with Crippen molar-refractivity contribution in [1.29, 1.82) is 0 Å².